The van der Waals surface area contributed by atoms with E-state index in [1.54, 1.807) is 7.11 Å². The number of hydrogen-bond donors (Lipinski definition) is 1. The Bertz CT molecular complexity index is 555. The van der Waals surface area contributed by atoms with Crippen molar-refractivity contribution in [3.63, 3.8) is 0 Å². The summed E-state index contributed by atoms with van der Waals surface area (Å²) in [5.41, 5.74) is 0. The second-order valence-corrected chi connectivity index (χ2v) is 7.35. The van der Waals surface area contributed by atoms with Gasteiger partial charge < -0.3 is 9.64 Å². The number of rotatable bonds is 7. The SMILES string of the molecule is COCCN1CCC(CNS(=O)(=O)c2ccc(F)cc2)CC1. The zero-order chi connectivity index (χ0) is 16.0. The molecule has 0 radical (unpaired) electrons. The Morgan fingerprint density at radius 1 is 1.27 bits per heavy atom. The lowest BCUT2D eigenvalue weighted by Crippen LogP contribution is -2.39. The van der Waals surface area contributed by atoms with Gasteiger partial charge in [0.15, 0.2) is 0 Å². The van der Waals surface area contributed by atoms with Crippen molar-refractivity contribution >= 4 is 10.0 Å². The van der Waals surface area contributed by atoms with E-state index in [2.05, 4.69) is 9.62 Å². The quantitative estimate of drug-likeness (QED) is 0.822. The molecule has 0 aliphatic carbocycles. The summed E-state index contributed by atoms with van der Waals surface area (Å²) in [5, 5.41) is 0. The van der Waals surface area contributed by atoms with Crippen LogP contribution in [0.1, 0.15) is 12.8 Å². The number of likely N-dealkylation sites (tertiary alicyclic amines) is 1. The lowest BCUT2D eigenvalue weighted by atomic mass is 9.97. The van der Waals surface area contributed by atoms with Crippen LogP contribution in [0.3, 0.4) is 0 Å². The van der Waals surface area contributed by atoms with Crippen molar-refractivity contribution in [2.45, 2.75) is 17.7 Å². The summed E-state index contributed by atoms with van der Waals surface area (Å²) in [5.74, 6) is -0.101. The summed E-state index contributed by atoms with van der Waals surface area (Å²) in [7, 11) is -1.86. The standard InChI is InChI=1S/C15H23FN2O3S/c1-21-11-10-18-8-6-13(7-9-18)12-17-22(19,20)15-4-2-14(16)3-5-15/h2-5,13,17H,6-12H2,1H3. The second-order valence-electron chi connectivity index (χ2n) is 5.58. The van der Waals surface area contributed by atoms with E-state index in [0.717, 1.165) is 51.2 Å². The van der Waals surface area contributed by atoms with Crippen molar-refractivity contribution < 1.29 is 17.5 Å². The lowest BCUT2D eigenvalue weighted by molar-refractivity contribution is 0.121. The molecule has 1 fully saturated rings. The Labute approximate surface area is 131 Å². The van der Waals surface area contributed by atoms with Gasteiger partial charge in [0.2, 0.25) is 10.0 Å². The van der Waals surface area contributed by atoms with Gasteiger partial charge >= 0.3 is 0 Å². The van der Waals surface area contributed by atoms with Gasteiger partial charge in [-0.25, -0.2) is 17.5 Å². The first-order valence-corrected chi connectivity index (χ1v) is 8.96. The first-order chi connectivity index (χ1) is 10.5. The van der Waals surface area contributed by atoms with Crippen molar-refractivity contribution in [1.82, 2.24) is 9.62 Å². The fourth-order valence-electron chi connectivity index (χ4n) is 2.56. The Morgan fingerprint density at radius 2 is 1.91 bits per heavy atom. The van der Waals surface area contributed by atoms with Crippen molar-refractivity contribution in [2.24, 2.45) is 5.92 Å². The number of benzene rings is 1. The maximum Gasteiger partial charge on any atom is 0.240 e. The molecule has 1 N–H and O–H groups in total. The van der Waals surface area contributed by atoms with E-state index in [9.17, 15) is 12.8 Å². The molecule has 0 bridgehead atoms. The predicted molar refractivity (Wildman–Crippen MR) is 82.6 cm³/mol. The fourth-order valence-corrected chi connectivity index (χ4v) is 3.68. The molecule has 2 rings (SSSR count). The zero-order valence-electron chi connectivity index (χ0n) is 12.8. The molecule has 0 amide bonds. The summed E-state index contributed by atoms with van der Waals surface area (Å²) in [6.45, 7) is 4.00. The molecule has 0 saturated carbocycles. The van der Waals surface area contributed by atoms with E-state index in [-0.39, 0.29) is 4.90 Å². The minimum Gasteiger partial charge on any atom is -0.383 e. The first kappa shape index (κ1) is 17.3. The number of hydrogen-bond acceptors (Lipinski definition) is 4. The normalized spacial score (nSPS) is 17.7. The van der Waals surface area contributed by atoms with Crippen LogP contribution in [-0.2, 0) is 14.8 Å². The smallest absolute Gasteiger partial charge is 0.240 e. The Kier molecular flexibility index (Phi) is 6.31. The van der Waals surface area contributed by atoms with Crippen LogP contribution in [0.15, 0.2) is 29.2 Å². The van der Waals surface area contributed by atoms with Gasteiger partial charge in [-0.3, -0.25) is 0 Å². The third-order valence-corrected chi connectivity index (χ3v) is 5.44. The van der Waals surface area contributed by atoms with Crippen molar-refractivity contribution in [3.05, 3.63) is 30.1 Å². The maximum atomic E-state index is 12.8. The molecule has 1 heterocycles. The molecular formula is C15H23FN2O3S. The number of methoxy groups -OCH3 is 1. The lowest BCUT2D eigenvalue weighted by Gasteiger charge is -2.31. The highest BCUT2D eigenvalue weighted by Crippen LogP contribution is 2.17. The van der Waals surface area contributed by atoms with Gasteiger partial charge in [-0.1, -0.05) is 0 Å². The number of nitrogens with zero attached hydrogens (tertiary/aromatic N) is 1. The van der Waals surface area contributed by atoms with Crippen LogP contribution in [0.5, 0.6) is 0 Å². The van der Waals surface area contributed by atoms with E-state index in [1.807, 2.05) is 0 Å². The van der Waals surface area contributed by atoms with Crippen molar-refractivity contribution in [2.75, 3.05) is 39.9 Å². The third kappa shape index (κ3) is 5.01. The summed E-state index contributed by atoms with van der Waals surface area (Å²) >= 11 is 0. The van der Waals surface area contributed by atoms with E-state index in [0.29, 0.717) is 12.5 Å². The highest BCUT2D eigenvalue weighted by Gasteiger charge is 2.21. The first-order valence-electron chi connectivity index (χ1n) is 7.48. The summed E-state index contributed by atoms with van der Waals surface area (Å²) in [6.07, 6.45) is 1.94. The maximum absolute atomic E-state index is 12.8. The molecule has 0 atom stereocenters. The van der Waals surface area contributed by atoms with Crippen LogP contribution < -0.4 is 4.72 Å². The molecule has 1 saturated heterocycles. The minimum atomic E-state index is -3.55. The molecule has 1 aliphatic rings. The van der Waals surface area contributed by atoms with Crippen LogP contribution in [-0.4, -0.2) is 53.2 Å². The van der Waals surface area contributed by atoms with E-state index in [1.165, 1.54) is 12.1 Å². The number of piperidine rings is 1. The number of ether oxygens (including phenoxy) is 1. The van der Waals surface area contributed by atoms with Crippen LogP contribution in [0.25, 0.3) is 0 Å². The second kappa shape index (κ2) is 8.01. The van der Waals surface area contributed by atoms with Gasteiger partial charge in [-0.2, -0.15) is 0 Å². The van der Waals surface area contributed by atoms with Gasteiger partial charge in [-0.15, -0.1) is 0 Å². The highest BCUT2D eigenvalue weighted by molar-refractivity contribution is 7.89. The van der Waals surface area contributed by atoms with Gasteiger partial charge in [0.1, 0.15) is 5.82 Å². The topological polar surface area (TPSA) is 58.6 Å². The predicted octanol–water partition coefficient (Wildman–Crippen LogP) is 1.46. The molecule has 0 spiro atoms. The van der Waals surface area contributed by atoms with E-state index < -0.39 is 15.8 Å². The van der Waals surface area contributed by atoms with Gasteiger partial charge in [0.25, 0.3) is 0 Å². The summed E-state index contributed by atoms with van der Waals surface area (Å²) in [6, 6.07) is 4.88. The third-order valence-electron chi connectivity index (χ3n) is 4.00. The van der Waals surface area contributed by atoms with E-state index in [4.69, 9.17) is 4.74 Å². The number of nitrogens with one attached hydrogen (secondary N) is 1. The molecular weight excluding hydrogens is 307 g/mol. The molecule has 124 valence electrons. The molecule has 0 unspecified atom stereocenters. The van der Waals surface area contributed by atoms with Crippen LogP contribution in [0, 0.1) is 11.7 Å². The van der Waals surface area contributed by atoms with Gasteiger partial charge in [0.05, 0.1) is 11.5 Å². The average Bonchev–Trinajstić information content (AvgIpc) is 2.52. The largest absolute Gasteiger partial charge is 0.383 e. The fraction of sp³-hybridized carbons (Fsp3) is 0.600. The zero-order valence-corrected chi connectivity index (χ0v) is 13.6. The monoisotopic (exact) mass is 330 g/mol. The summed E-state index contributed by atoms with van der Waals surface area (Å²) in [4.78, 5) is 2.43. The van der Waals surface area contributed by atoms with Crippen LogP contribution in [0.4, 0.5) is 4.39 Å². The molecule has 1 aliphatic heterocycles. The molecule has 5 nitrogen and oxygen atoms in total. The Hall–Kier alpha value is -1.02. The summed E-state index contributed by atoms with van der Waals surface area (Å²) < 4.78 is 44.8. The van der Waals surface area contributed by atoms with Crippen LogP contribution >= 0.6 is 0 Å². The molecule has 7 heteroatoms. The van der Waals surface area contributed by atoms with Gasteiger partial charge in [-0.05, 0) is 56.1 Å². The van der Waals surface area contributed by atoms with Crippen molar-refractivity contribution in [3.8, 4) is 0 Å². The number of halogens is 1. The molecule has 1 aromatic carbocycles. The van der Waals surface area contributed by atoms with Crippen LogP contribution in [0.2, 0.25) is 0 Å². The Morgan fingerprint density at radius 3 is 2.50 bits per heavy atom. The van der Waals surface area contributed by atoms with Gasteiger partial charge in [0, 0.05) is 20.2 Å². The van der Waals surface area contributed by atoms with E-state index >= 15 is 0 Å². The highest BCUT2D eigenvalue weighted by atomic mass is 32.2. The molecule has 0 aromatic heterocycles. The van der Waals surface area contributed by atoms with Crippen molar-refractivity contribution in [1.29, 1.82) is 0 Å². The number of sulfonamides is 1. The Balaban J connectivity index is 1.79. The minimum absolute atomic E-state index is 0.103. The average molecular weight is 330 g/mol. The molecule has 22 heavy (non-hydrogen) atoms. The molecule has 1 aromatic rings.